The van der Waals surface area contributed by atoms with E-state index in [0.717, 1.165) is 0 Å². The molecule has 0 aliphatic carbocycles. The Hall–Kier alpha value is -3.72. The molecule has 4 heterocycles. The summed E-state index contributed by atoms with van der Waals surface area (Å²) in [7, 11) is 0. The lowest BCUT2D eigenvalue weighted by atomic mass is 10.3. The van der Waals surface area contributed by atoms with Crippen molar-refractivity contribution in [1.82, 2.24) is 29.7 Å². The molecule has 0 atom stereocenters. The van der Waals surface area contributed by atoms with Crippen LogP contribution in [0.2, 0.25) is 0 Å². The summed E-state index contributed by atoms with van der Waals surface area (Å²) >= 11 is 0. The summed E-state index contributed by atoms with van der Waals surface area (Å²) in [5.41, 5.74) is 0.976. The molecule has 180 valence electrons. The minimum Gasteiger partial charge on any atom is -0.339 e. The van der Waals surface area contributed by atoms with E-state index >= 15 is 0 Å². The van der Waals surface area contributed by atoms with Crippen molar-refractivity contribution in [3.63, 3.8) is 0 Å². The highest BCUT2D eigenvalue weighted by molar-refractivity contribution is 5.85. The molecule has 13 heteroatoms. The second kappa shape index (κ2) is 10.9. The van der Waals surface area contributed by atoms with Crippen LogP contribution >= 0.6 is 12.4 Å². The van der Waals surface area contributed by atoms with Crippen molar-refractivity contribution < 1.29 is 9.59 Å². The van der Waals surface area contributed by atoms with Crippen LogP contribution < -0.4 is 15.1 Å². The molecule has 2 aliphatic heterocycles. The fourth-order valence-corrected chi connectivity index (χ4v) is 3.80. The molecule has 0 saturated carbocycles. The molecular formula is C21H27ClN10O2. The van der Waals surface area contributed by atoms with Gasteiger partial charge in [0.1, 0.15) is 11.8 Å². The molecule has 2 fully saturated rings. The van der Waals surface area contributed by atoms with E-state index in [0.29, 0.717) is 81.6 Å². The molecule has 1 N–H and O–H groups in total. The van der Waals surface area contributed by atoms with Gasteiger partial charge in [-0.05, 0) is 12.1 Å². The Morgan fingerprint density at radius 1 is 0.853 bits per heavy atom. The number of hydrogen-bond acceptors (Lipinski definition) is 10. The van der Waals surface area contributed by atoms with Crippen LogP contribution in [-0.4, -0.2) is 93.9 Å². The van der Waals surface area contributed by atoms with Gasteiger partial charge in [-0.1, -0.05) is 0 Å². The molecule has 2 amide bonds. The maximum absolute atomic E-state index is 11.7. The zero-order valence-electron chi connectivity index (χ0n) is 19.1. The van der Waals surface area contributed by atoms with Gasteiger partial charge < -0.3 is 24.9 Å². The summed E-state index contributed by atoms with van der Waals surface area (Å²) in [6, 6.07) is 5.36. The molecule has 0 bridgehead atoms. The van der Waals surface area contributed by atoms with Crippen molar-refractivity contribution in [1.29, 1.82) is 5.26 Å². The normalized spacial score (nSPS) is 15.9. The van der Waals surface area contributed by atoms with E-state index in [9.17, 15) is 9.59 Å². The number of carbonyl (C=O) groups is 2. The monoisotopic (exact) mass is 486 g/mol. The Labute approximate surface area is 204 Å². The maximum atomic E-state index is 11.7. The predicted molar refractivity (Wildman–Crippen MR) is 128 cm³/mol. The number of halogens is 1. The van der Waals surface area contributed by atoms with Crippen molar-refractivity contribution in [2.45, 2.75) is 13.8 Å². The summed E-state index contributed by atoms with van der Waals surface area (Å²) in [4.78, 5) is 49.1. The van der Waals surface area contributed by atoms with Gasteiger partial charge in [-0.25, -0.2) is 4.98 Å². The Bertz CT molecular complexity index is 1010. The number of aromatic nitrogens is 4. The van der Waals surface area contributed by atoms with Crippen molar-refractivity contribution in [3.05, 3.63) is 24.0 Å². The first-order valence-corrected chi connectivity index (χ1v) is 10.8. The van der Waals surface area contributed by atoms with Crippen molar-refractivity contribution in [2.24, 2.45) is 0 Å². The van der Waals surface area contributed by atoms with Gasteiger partial charge in [0.15, 0.2) is 0 Å². The van der Waals surface area contributed by atoms with Crippen LogP contribution in [0.1, 0.15) is 19.5 Å². The van der Waals surface area contributed by atoms with Gasteiger partial charge >= 0.3 is 0 Å². The second-order valence-corrected chi connectivity index (χ2v) is 7.91. The van der Waals surface area contributed by atoms with Crippen LogP contribution in [0.25, 0.3) is 0 Å². The number of rotatable bonds is 4. The van der Waals surface area contributed by atoms with Crippen LogP contribution in [0.4, 0.5) is 23.5 Å². The first-order chi connectivity index (χ1) is 15.9. The number of nitrogens with one attached hydrogen (secondary N) is 1. The van der Waals surface area contributed by atoms with Crippen LogP contribution in [-0.2, 0) is 9.59 Å². The first kappa shape index (κ1) is 24.9. The highest BCUT2D eigenvalue weighted by Gasteiger charge is 2.25. The number of anilines is 4. The fraction of sp³-hybridized carbons (Fsp3) is 0.476. The first-order valence-electron chi connectivity index (χ1n) is 10.8. The van der Waals surface area contributed by atoms with Crippen molar-refractivity contribution in [3.8, 4) is 6.07 Å². The highest BCUT2D eigenvalue weighted by Crippen LogP contribution is 2.21. The standard InChI is InChI=1S/C21H26N10O2.ClH/c1-15(32)28-5-9-30(10-6-28)20-25-19(24-18-4-3-17(13-22)23-14-18)26-21(27-20)31-11-7-29(8-12-31)16(2)33;/h3-4,14H,5-12H2,1-2H3,(H,24,25,26,27);1H. The summed E-state index contributed by atoms with van der Waals surface area (Å²) in [5.74, 6) is 1.54. The molecule has 12 nitrogen and oxygen atoms in total. The number of nitriles is 1. The number of carbonyl (C=O) groups excluding carboxylic acids is 2. The molecule has 2 saturated heterocycles. The molecule has 0 unspecified atom stereocenters. The summed E-state index contributed by atoms with van der Waals surface area (Å²) in [5, 5.41) is 12.1. The van der Waals surface area contributed by atoms with Gasteiger partial charge in [0.2, 0.25) is 29.7 Å². The number of amides is 2. The fourth-order valence-electron chi connectivity index (χ4n) is 3.80. The lowest BCUT2D eigenvalue weighted by molar-refractivity contribution is -0.129. The van der Waals surface area contributed by atoms with E-state index in [2.05, 4.69) is 20.3 Å². The average Bonchev–Trinajstić information content (AvgIpc) is 2.84. The van der Waals surface area contributed by atoms with Gasteiger partial charge in [0.25, 0.3) is 0 Å². The van der Waals surface area contributed by atoms with Crippen LogP contribution in [0, 0.1) is 11.3 Å². The zero-order valence-corrected chi connectivity index (χ0v) is 20.0. The molecule has 34 heavy (non-hydrogen) atoms. The molecule has 2 aromatic rings. The van der Waals surface area contributed by atoms with Crippen molar-refractivity contribution >= 4 is 47.8 Å². The lowest BCUT2D eigenvalue weighted by Gasteiger charge is -2.36. The Morgan fingerprint density at radius 2 is 1.35 bits per heavy atom. The molecule has 2 aliphatic rings. The van der Waals surface area contributed by atoms with E-state index in [1.807, 2.05) is 15.9 Å². The largest absolute Gasteiger partial charge is 0.339 e. The number of hydrogen-bond donors (Lipinski definition) is 1. The third-order valence-electron chi connectivity index (χ3n) is 5.76. The van der Waals surface area contributed by atoms with Crippen LogP contribution in [0.5, 0.6) is 0 Å². The highest BCUT2D eigenvalue weighted by atomic mass is 35.5. The smallest absolute Gasteiger partial charge is 0.233 e. The predicted octanol–water partition coefficient (Wildman–Crippen LogP) is 0.641. The molecule has 0 radical (unpaired) electrons. The maximum Gasteiger partial charge on any atom is 0.233 e. The molecule has 2 aromatic heterocycles. The molecular weight excluding hydrogens is 460 g/mol. The quantitative estimate of drug-likeness (QED) is 0.655. The molecule has 0 spiro atoms. The van der Waals surface area contributed by atoms with Gasteiger partial charge in [-0.2, -0.15) is 20.2 Å². The topological polar surface area (TPSA) is 134 Å². The zero-order chi connectivity index (χ0) is 23.4. The number of pyridine rings is 1. The summed E-state index contributed by atoms with van der Waals surface area (Å²) < 4.78 is 0. The summed E-state index contributed by atoms with van der Waals surface area (Å²) in [6.07, 6.45) is 1.55. The van der Waals surface area contributed by atoms with Crippen LogP contribution in [0.15, 0.2) is 18.3 Å². The Kier molecular flexibility index (Phi) is 8.01. The molecule has 4 rings (SSSR count). The Balaban J connectivity index is 0.00000324. The third-order valence-corrected chi connectivity index (χ3v) is 5.76. The second-order valence-electron chi connectivity index (χ2n) is 7.91. The van der Waals surface area contributed by atoms with Crippen LogP contribution in [0.3, 0.4) is 0 Å². The minimum atomic E-state index is 0. The van der Waals surface area contributed by atoms with E-state index in [1.54, 1.807) is 42.0 Å². The Morgan fingerprint density at radius 3 is 1.74 bits per heavy atom. The van der Waals surface area contributed by atoms with Gasteiger partial charge in [0.05, 0.1) is 11.9 Å². The van der Waals surface area contributed by atoms with E-state index in [1.165, 1.54) is 0 Å². The summed E-state index contributed by atoms with van der Waals surface area (Å²) in [6.45, 7) is 8.07. The lowest BCUT2D eigenvalue weighted by Crippen LogP contribution is -2.50. The average molecular weight is 487 g/mol. The van der Waals surface area contributed by atoms with E-state index < -0.39 is 0 Å². The third kappa shape index (κ3) is 5.79. The van der Waals surface area contributed by atoms with Crippen molar-refractivity contribution in [2.75, 3.05) is 67.5 Å². The number of piperazine rings is 2. The number of nitrogens with zero attached hydrogens (tertiary/aromatic N) is 9. The van der Waals surface area contributed by atoms with Gasteiger partial charge in [0, 0.05) is 66.2 Å². The SMILES string of the molecule is CC(=O)N1CCN(c2nc(Nc3ccc(C#N)nc3)nc(N3CCN(C(C)=O)CC3)n2)CC1.Cl. The van der Waals surface area contributed by atoms with Gasteiger partial charge in [-0.15, -0.1) is 12.4 Å². The minimum absolute atomic E-state index is 0. The molecule has 0 aromatic carbocycles. The van der Waals surface area contributed by atoms with E-state index in [-0.39, 0.29) is 24.2 Å². The van der Waals surface area contributed by atoms with E-state index in [4.69, 9.17) is 10.2 Å². The van der Waals surface area contributed by atoms with Gasteiger partial charge in [-0.3, -0.25) is 9.59 Å².